The molecule has 0 aliphatic rings. The molecule has 0 saturated carbocycles. The van der Waals surface area contributed by atoms with Crippen LogP contribution >= 0.6 is 0 Å². The lowest BCUT2D eigenvalue weighted by atomic mass is 10.1. The molecule has 1 rings (SSSR count). The van der Waals surface area contributed by atoms with E-state index in [4.69, 9.17) is 4.74 Å². The molecule has 0 bridgehead atoms. The highest BCUT2D eigenvalue weighted by atomic mass is 16.5. The number of hydrogen-bond donors (Lipinski definition) is 1. The van der Waals surface area contributed by atoms with Gasteiger partial charge in [-0.05, 0) is 31.5 Å². The molecule has 0 unspecified atom stereocenters. The van der Waals surface area contributed by atoms with Crippen LogP contribution in [0.5, 0.6) is 5.75 Å². The van der Waals surface area contributed by atoms with Gasteiger partial charge in [0.2, 0.25) is 0 Å². The van der Waals surface area contributed by atoms with E-state index in [1.807, 2.05) is 12.1 Å². The quantitative estimate of drug-likeness (QED) is 0.649. The summed E-state index contributed by atoms with van der Waals surface area (Å²) in [7, 11) is 1.58. The summed E-state index contributed by atoms with van der Waals surface area (Å²) in [5, 5.41) is 2.56. The van der Waals surface area contributed by atoms with Crippen LogP contribution in [0.4, 0.5) is 0 Å². The molecule has 1 atom stereocenters. The Balaban J connectivity index is 2.61. The predicted octanol–water partition coefficient (Wildman–Crippen LogP) is 1.44. The highest BCUT2D eigenvalue weighted by Crippen LogP contribution is 2.17. The number of rotatable bonds is 4. The van der Waals surface area contributed by atoms with Crippen molar-refractivity contribution in [3.63, 3.8) is 0 Å². The van der Waals surface area contributed by atoms with Crippen LogP contribution in [0.1, 0.15) is 25.5 Å². The van der Waals surface area contributed by atoms with Gasteiger partial charge in [0, 0.05) is 0 Å². The third kappa shape index (κ3) is 3.76. The molecule has 0 aliphatic heterocycles. The Bertz CT molecular complexity index is 414. The smallest absolute Gasteiger partial charge is 0.396 e. The van der Waals surface area contributed by atoms with Crippen molar-refractivity contribution < 1.29 is 19.1 Å². The fourth-order valence-corrected chi connectivity index (χ4v) is 1.43. The average Bonchev–Trinajstić information content (AvgIpc) is 2.39. The number of benzene rings is 1. The van der Waals surface area contributed by atoms with E-state index in [2.05, 4.69) is 10.1 Å². The van der Waals surface area contributed by atoms with Crippen molar-refractivity contribution in [2.75, 3.05) is 13.7 Å². The highest BCUT2D eigenvalue weighted by molar-refractivity contribution is 6.32. The Morgan fingerprint density at radius 1 is 1.28 bits per heavy atom. The van der Waals surface area contributed by atoms with Crippen LogP contribution in [0.2, 0.25) is 0 Å². The predicted molar refractivity (Wildman–Crippen MR) is 66.2 cm³/mol. The Labute approximate surface area is 106 Å². The normalized spacial score (nSPS) is 11.5. The Kier molecular flexibility index (Phi) is 5.17. The van der Waals surface area contributed by atoms with Crippen molar-refractivity contribution in [2.45, 2.75) is 19.9 Å². The van der Waals surface area contributed by atoms with Crippen LogP contribution in [-0.2, 0) is 14.3 Å². The summed E-state index contributed by atoms with van der Waals surface area (Å²) < 4.78 is 9.64. The molecule has 1 amide bonds. The molecule has 0 saturated heterocycles. The zero-order chi connectivity index (χ0) is 13.5. The molecular formula is C13H17NO4. The van der Waals surface area contributed by atoms with E-state index in [0.717, 1.165) is 11.3 Å². The second kappa shape index (κ2) is 6.64. The molecular weight excluding hydrogens is 234 g/mol. The van der Waals surface area contributed by atoms with Crippen LogP contribution in [0.3, 0.4) is 0 Å². The molecule has 0 aromatic heterocycles. The number of methoxy groups -OCH3 is 1. The highest BCUT2D eigenvalue weighted by Gasteiger charge is 2.17. The lowest BCUT2D eigenvalue weighted by Crippen LogP contribution is -2.34. The molecule has 0 spiro atoms. The first-order valence-corrected chi connectivity index (χ1v) is 5.70. The molecule has 0 heterocycles. The van der Waals surface area contributed by atoms with Gasteiger partial charge in [-0.3, -0.25) is 4.79 Å². The van der Waals surface area contributed by atoms with Gasteiger partial charge in [0.15, 0.2) is 0 Å². The minimum Gasteiger partial charge on any atom is -0.497 e. The fraction of sp³-hybridized carbons (Fsp3) is 0.385. The molecule has 1 aromatic rings. The van der Waals surface area contributed by atoms with E-state index < -0.39 is 11.9 Å². The largest absolute Gasteiger partial charge is 0.497 e. The summed E-state index contributed by atoms with van der Waals surface area (Å²) in [5.74, 6) is -0.860. The lowest BCUT2D eigenvalue weighted by Gasteiger charge is -2.13. The first-order valence-electron chi connectivity index (χ1n) is 5.70. The van der Waals surface area contributed by atoms with Crippen LogP contribution < -0.4 is 10.1 Å². The SMILES string of the molecule is CCOC(=O)C(=O)N[C@@H](C)c1ccc(OC)cc1. The lowest BCUT2D eigenvalue weighted by molar-refractivity contribution is -0.154. The van der Waals surface area contributed by atoms with Crippen molar-refractivity contribution in [2.24, 2.45) is 0 Å². The number of carbonyl (C=O) groups excluding carboxylic acids is 2. The third-order valence-corrected chi connectivity index (χ3v) is 2.42. The zero-order valence-electron chi connectivity index (χ0n) is 10.7. The van der Waals surface area contributed by atoms with E-state index in [9.17, 15) is 9.59 Å². The van der Waals surface area contributed by atoms with Crippen molar-refractivity contribution >= 4 is 11.9 Å². The first kappa shape index (κ1) is 14.0. The molecule has 0 fully saturated rings. The van der Waals surface area contributed by atoms with Crippen LogP contribution in [-0.4, -0.2) is 25.6 Å². The number of hydrogen-bond acceptors (Lipinski definition) is 4. The minimum atomic E-state index is -0.863. The van der Waals surface area contributed by atoms with Gasteiger partial charge in [-0.2, -0.15) is 0 Å². The van der Waals surface area contributed by atoms with Gasteiger partial charge < -0.3 is 14.8 Å². The van der Waals surface area contributed by atoms with Crippen molar-refractivity contribution in [1.82, 2.24) is 5.32 Å². The molecule has 98 valence electrons. The van der Waals surface area contributed by atoms with Gasteiger partial charge in [-0.15, -0.1) is 0 Å². The number of amides is 1. The third-order valence-electron chi connectivity index (χ3n) is 2.42. The second-order valence-corrected chi connectivity index (χ2v) is 3.69. The standard InChI is InChI=1S/C13H17NO4/c1-4-18-13(16)12(15)14-9(2)10-5-7-11(17-3)8-6-10/h5-9H,4H2,1-3H3,(H,14,15)/t9-/m0/s1. The molecule has 5 heteroatoms. The van der Waals surface area contributed by atoms with Gasteiger partial charge in [0.05, 0.1) is 19.8 Å². The molecule has 0 radical (unpaired) electrons. The average molecular weight is 251 g/mol. The molecule has 1 aromatic carbocycles. The van der Waals surface area contributed by atoms with E-state index in [1.165, 1.54) is 0 Å². The molecule has 0 aliphatic carbocycles. The maximum absolute atomic E-state index is 11.4. The molecule has 18 heavy (non-hydrogen) atoms. The summed E-state index contributed by atoms with van der Waals surface area (Å²) in [4.78, 5) is 22.6. The van der Waals surface area contributed by atoms with E-state index >= 15 is 0 Å². The summed E-state index contributed by atoms with van der Waals surface area (Å²) in [5.41, 5.74) is 0.883. The van der Waals surface area contributed by atoms with Gasteiger partial charge >= 0.3 is 11.9 Å². The van der Waals surface area contributed by atoms with Crippen molar-refractivity contribution in [3.8, 4) is 5.75 Å². The van der Waals surface area contributed by atoms with Crippen molar-refractivity contribution in [3.05, 3.63) is 29.8 Å². The summed E-state index contributed by atoms with van der Waals surface area (Å²) in [6.07, 6.45) is 0. The topological polar surface area (TPSA) is 64.6 Å². The summed E-state index contributed by atoms with van der Waals surface area (Å²) in [6.45, 7) is 3.63. The number of ether oxygens (including phenoxy) is 2. The second-order valence-electron chi connectivity index (χ2n) is 3.69. The fourth-order valence-electron chi connectivity index (χ4n) is 1.43. The van der Waals surface area contributed by atoms with Crippen LogP contribution in [0.25, 0.3) is 0 Å². The maximum atomic E-state index is 11.4. The van der Waals surface area contributed by atoms with Gasteiger partial charge in [-0.1, -0.05) is 12.1 Å². The van der Waals surface area contributed by atoms with E-state index in [0.29, 0.717) is 0 Å². The summed E-state index contributed by atoms with van der Waals surface area (Å²) in [6, 6.07) is 6.97. The van der Waals surface area contributed by atoms with E-state index in [-0.39, 0.29) is 12.6 Å². The van der Waals surface area contributed by atoms with E-state index in [1.54, 1.807) is 33.1 Å². The first-order chi connectivity index (χ1) is 8.58. The monoisotopic (exact) mass is 251 g/mol. The van der Waals surface area contributed by atoms with Crippen LogP contribution in [0.15, 0.2) is 24.3 Å². The number of esters is 1. The Morgan fingerprint density at radius 2 is 1.89 bits per heavy atom. The molecule has 1 N–H and O–H groups in total. The summed E-state index contributed by atoms with van der Waals surface area (Å²) >= 11 is 0. The van der Waals surface area contributed by atoms with Crippen molar-refractivity contribution in [1.29, 1.82) is 0 Å². The van der Waals surface area contributed by atoms with Crippen LogP contribution in [0, 0.1) is 0 Å². The minimum absolute atomic E-state index is 0.184. The number of carbonyl (C=O) groups is 2. The van der Waals surface area contributed by atoms with Gasteiger partial charge in [-0.25, -0.2) is 4.79 Å². The zero-order valence-corrected chi connectivity index (χ0v) is 10.7. The number of nitrogens with one attached hydrogen (secondary N) is 1. The Hall–Kier alpha value is -2.04. The van der Waals surface area contributed by atoms with Gasteiger partial charge in [0.25, 0.3) is 0 Å². The molecule has 5 nitrogen and oxygen atoms in total. The Morgan fingerprint density at radius 3 is 2.39 bits per heavy atom. The van der Waals surface area contributed by atoms with Gasteiger partial charge in [0.1, 0.15) is 5.75 Å². The maximum Gasteiger partial charge on any atom is 0.396 e.